The maximum absolute atomic E-state index is 5.21. The number of aromatic nitrogens is 3. The first-order valence-corrected chi connectivity index (χ1v) is 6.80. The number of rotatable bonds is 7. The fourth-order valence-corrected chi connectivity index (χ4v) is 2.34. The van der Waals surface area contributed by atoms with E-state index in [1.165, 1.54) is 18.4 Å². The van der Waals surface area contributed by atoms with Crippen LogP contribution in [-0.4, -0.2) is 21.9 Å². The molecule has 0 aliphatic heterocycles. The Morgan fingerprint density at radius 2 is 2.00 bits per heavy atom. The Bertz CT molecular complexity index is 465. The van der Waals surface area contributed by atoms with E-state index in [0.717, 1.165) is 18.7 Å². The predicted octanol–water partition coefficient (Wildman–Crippen LogP) is 3.26. The van der Waals surface area contributed by atoms with Crippen LogP contribution in [0.1, 0.15) is 37.7 Å². The van der Waals surface area contributed by atoms with Crippen LogP contribution in [0.15, 0.2) is 36.9 Å². The van der Waals surface area contributed by atoms with Gasteiger partial charge in [-0.05, 0) is 36.5 Å². The van der Waals surface area contributed by atoms with E-state index in [2.05, 4.69) is 29.1 Å². The van der Waals surface area contributed by atoms with E-state index in [1.807, 2.05) is 16.8 Å². The minimum absolute atomic E-state index is 0.570. The van der Waals surface area contributed by atoms with Crippen molar-refractivity contribution in [3.63, 3.8) is 0 Å². The summed E-state index contributed by atoms with van der Waals surface area (Å²) in [6.07, 6.45) is 6.83. The number of benzene rings is 1. The highest BCUT2D eigenvalue weighted by molar-refractivity contribution is 5.29. The lowest BCUT2D eigenvalue weighted by molar-refractivity contribution is 0.414. The Morgan fingerprint density at radius 1 is 1.21 bits per heavy atom. The molecule has 0 radical (unpaired) electrons. The molecule has 4 nitrogen and oxygen atoms in total. The smallest absolute Gasteiger partial charge is 0.137 e. The highest BCUT2D eigenvalue weighted by Crippen LogP contribution is 2.27. The van der Waals surface area contributed by atoms with Crippen LogP contribution in [0.2, 0.25) is 0 Å². The highest BCUT2D eigenvalue weighted by Gasteiger charge is 2.11. The molecule has 0 amide bonds. The second-order valence-electron chi connectivity index (χ2n) is 4.71. The molecule has 1 aromatic heterocycles. The molecule has 0 fully saturated rings. The van der Waals surface area contributed by atoms with Gasteiger partial charge in [0, 0.05) is 6.54 Å². The summed E-state index contributed by atoms with van der Waals surface area (Å²) in [6, 6.07) is 8.40. The quantitative estimate of drug-likeness (QED) is 0.766. The van der Waals surface area contributed by atoms with Gasteiger partial charge in [0.05, 0.1) is 7.11 Å². The molecule has 1 aromatic carbocycles. The third kappa shape index (κ3) is 3.81. The molecule has 0 aliphatic carbocycles. The summed E-state index contributed by atoms with van der Waals surface area (Å²) in [6.45, 7) is 3.14. The Labute approximate surface area is 114 Å². The van der Waals surface area contributed by atoms with E-state index >= 15 is 0 Å². The first-order valence-electron chi connectivity index (χ1n) is 6.80. The minimum Gasteiger partial charge on any atom is -0.497 e. The number of hydrogen-bond acceptors (Lipinski definition) is 3. The Balaban J connectivity index is 2.01. The van der Waals surface area contributed by atoms with Crippen molar-refractivity contribution >= 4 is 0 Å². The zero-order chi connectivity index (χ0) is 13.5. The van der Waals surface area contributed by atoms with E-state index in [-0.39, 0.29) is 0 Å². The van der Waals surface area contributed by atoms with Crippen LogP contribution in [0, 0.1) is 0 Å². The zero-order valence-electron chi connectivity index (χ0n) is 11.6. The van der Waals surface area contributed by atoms with Crippen LogP contribution in [0.3, 0.4) is 0 Å². The lowest BCUT2D eigenvalue weighted by Gasteiger charge is -2.17. The molecular weight excluding hydrogens is 238 g/mol. The molecule has 0 N–H and O–H groups in total. The Morgan fingerprint density at radius 3 is 2.58 bits per heavy atom. The SMILES string of the molecule is CCC[C@H](CCn1cncn1)c1ccc(OC)cc1. The molecule has 0 spiro atoms. The zero-order valence-corrected chi connectivity index (χ0v) is 11.6. The molecular formula is C15H21N3O. The number of hydrogen-bond donors (Lipinski definition) is 0. The van der Waals surface area contributed by atoms with E-state index in [9.17, 15) is 0 Å². The fraction of sp³-hybridized carbons (Fsp3) is 0.467. The average Bonchev–Trinajstić information content (AvgIpc) is 2.97. The van der Waals surface area contributed by atoms with Gasteiger partial charge in [-0.25, -0.2) is 4.98 Å². The first kappa shape index (κ1) is 13.6. The molecule has 0 aliphatic rings. The molecule has 19 heavy (non-hydrogen) atoms. The number of ether oxygens (including phenoxy) is 1. The van der Waals surface area contributed by atoms with Gasteiger partial charge in [0.1, 0.15) is 18.4 Å². The molecule has 0 saturated carbocycles. The predicted molar refractivity (Wildman–Crippen MR) is 75.3 cm³/mol. The van der Waals surface area contributed by atoms with E-state index in [4.69, 9.17) is 4.74 Å². The van der Waals surface area contributed by atoms with Crippen LogP contribution < -0.4 is 4.74 Å². The van der Waals surface area contributed by atoms with Crippen molar-refractivity contribution in [2.75, 3.05) is 7.11 Å². The average molecular weight is 259 g/mol. The molecule has 2 rings (SSSR count). The summed E-state index contributed by atoms with van der Waals surface area (Å²) < 4.78 is 7.10. The van der Waals surface area contributed by atoms with Gasteiger partial charge in [-0.15, -0.1) is 0 Å². The van der Waals surface area contributed by atoms with Gasteiger partial charge in [-0.3, -0.25) is 4.68 Å². The van der Waals surface area contributed by atoms with Crippen molar-refractivity contribution < 1.29 is 4.74 Å². The molecule has 0 saturated heterocycles. The van der Waals surface area contributed by atoms with E-state index < -0.39 is 0 Å². The molecule has 0 bridgehead atoms. The van der Waals surface area contributed by atoms with Gasteiger partial charge in [0.25, 0.3) is 0 Å². The van der Waals surface area contributed by atoms with Crippen molar-refractivity contribution in [2.45, 2.75) is 38.6 Å². The largest absolute Gasteiger partial charge is 0.497 e. The summed E-state index contributed by atoms with van der Waals surface area (Å²) in [4.78, 5) is 3.98. The third-order valence-corrected chi connectivity index (χ3v) is 3.40. The molecule has 1 heterocycles. The summed E-state index contributed by atoms with van der Waals surface area (Å²) in [5, 5.41) is 4.15. The second-order valence-corrected chi connectivity index (χ2v) is 4.71. The van der Waals surface area contributed by atoms with Crippen molar-refractivity contribution in [3.05, 3.63) is 42.5 Å². The van der Waals surface area contributed by atoms with E-state index in [0.29, 0.717) is 5.92 Å². The summed E-state index contributed by atoms with van der Waals surface area (Å²) in [5.74, 6) is 1.48. The highest BCUT2D eigenvalue weighted by atomic mass is 16.5. The lowest BCUT2D eigenvalue weighted by atomic mass is 9.91. The normalized spacial score (nSPS) is 12.3. The molecule has 102 valence electrons. The standard InChI is InChI=1S/C15H21N3O/c1-3-4-13(9-10-18-12-16-11-17-18)14-5-7-15(19-2)8-6-14/h5-8,11-13H,3-4,9-10H2,1-2H3/t13-/m1/s1. The molecule has 2 aromatic rings. The lowest BCUT2D eigenvalue weighted by Crippen LogP contribution is -2.06. The van der Waals surface area contributed by atoms with E-state index in [1.54, 1.807) is 19.8 Å². The van der Waals surface area contributed by atoms with Gasteiger partial charge >= 0.3 is 0 Å². The Hall–Kier alpha value is -1.84. The summed E-state index contributed by atoms with van der Waals surface area (Å²) in [7, 11) is 1.70. The minimum atomic E-state index is 0.570. The summed E-state index contributed by atoms with van der Waals surface area (Å²) in [5.41, 5.74) is 1.38. The first-order chi connectivity index (χ1) is 9.33. The van der Waals surface area contributed by atoms with Crippen molar-refractivity contribution in [2.24, 2.45) is 0 Å². The van der Waals surface area contributed by atoms with Gasteiger partial charge in [0.2, 0.25) is 0 Å². The van der Waals surface area contributed by atoms with Gasteiger partial charge < -0.3 is 4.74 Å². The Kier molecular flexibility index (Phi) is 4.95. The van der Waals surface area contributed by atoms with Crippen molar-refractivity contribution in [3.8, 4) is 5.75 Å². The van der Waals surface area contributed by atoms with Crippen molar-refractivity contribution in [1.82, 2.24) is 14.8 Å². The van der Waals surface area contributed by atoms with Gasteiger partial charge in [-0.2, -0.15) is 5.10 Å². The monoisotopic (exact) mass is 259 g/mol. The van der Waals surface area contributed by atoms with Crippen LogP contribution in [0.5, 0.6) is 5.75 Å². The van der Waals surface area contributed by atoms with Gasteiger partial charge in [-0.1, -0.05) is 25.5 Å². The summed E-state index contributed by atoms with van der Waals surface area (Å²) >= 11 is 0. The second kappa shape index (κ2) is 6.92. The topological polar surface area (TPSA) is 39.9 Å². The van der Waals surface area contributed by atoms with Crippen molar-refractivity contribution in [1.29, 1.82) is 0 Å². The third-order valence-electron chi connectivity index (χ3n) is 3.40. The van der Waals surface area contributed by atoms with Crippen LogP contribution >= 0.6 is 0 Å². The maximum atomic E-state index is 5.21. The maximum Gasteiger partial charge on any atom is 0.137 e. The number of aryl methyl sites for hydroxylation is 1. The number of methoxy groups -OCH3 is 1. The van der Waals surface area contributed by atoms with Gasteiger partial charge in [0.15, 0.2) is 0 Å². The van der Waals surface area contributed by atoms with Crippen LogP contribution in [0.25, 0.3) is 0 Å². The van der Waals surface area contributed by atoms with Crippen LogP contribution in [-0.2, 0) is 6.54 Å². The molecule has 1 atom stereocenters. The molecule has 4 heteroatoms. The fourth-order valence-electron chi connectivity index (χ4n) is 2.34. The molecule has 0 unspecified atom stereocenters. The van der Waals surface area contributed by atoms with Crippen LogP contribution in [0.4, 0.5) is 0 Å². The number of nitrogens with zero attached hydrogens (tertiary/aromatic N) is 3.